The van der Waals surface area contributed by atoms with Gasteiger partial charge in [0.15, 0.2) is 11.5 Å². The zero-order valence-corrected chi connectivity index (χ0v) is 14.7. The SMILES string of the molecule is COc1cccc2c1OC[C@H](C(=O)N(C)Cc1n[nH]c3c1CCC3)C2. The summed E-state index contributed by atoms with van der Waals surface area (Å²) in [6, 6.07) is 5.81. The molecule has 132 valence electrons. The predicted octanol–water partition coefficient (Wildman–Crippen LogP) is 2.12. The normalized spacial score (nSPS) is 18.2. The van der Waals surface area contributed by atoms with E-state index in [0.717, 1.165) is 35.6 Å². The van der Waals surface area contributed by atoms with Crippen molar-refractivity contribution in [2.75, 3.05) is 20.8 Å². The van der Waals surface area contributed by atoms with Gasteiger partial charge in [-0.2, -0.15) is 5.10 Å². The molecule has 0 unspecified atom stereocenters. The van der Waals surface area contributed by atoms with E-state index in [1.807, 2.05) is 25.2 Å². The highest BCUT2D eigenvalue weighted by atomic mass is 16.5. The number of ether oxygens (including phenoxy) is 2. The van der Waals surface area contributed by atoms with E-state index in [4.69, 9.17) is 9.47 Å². The number of methoxy groups -OCH3 is 1. The van der Waals surface area contributed by atoms with Gasteiger partial charge in [0, 0.05) is 12.7 Å². The molecule has 0 spiro atoms. The number of rotatable bonds is 4. The molecule has 6 nitrogen and oxygen atoms in total. The fourth-order valence-electron chi connectivity index (χ4n) is 3.85. The van der Waals surface area contributed by atoms with Crippen molar-refractivity contribution in [3.8, 4) is 11.5 Å². The molecule has 2 heterocycles. The van der Waals surface area contributed by atoms with Gasteiger partial charge >= 0.3 is 0 Å². The number of amides is 1. The summed E-state index contributed by atoms with van der Waals surface area (Å²) >= 11 is 0. The highest BCUT2D eigenvalue weighted by Gasteiger charge is 2.30. The number of nitrogens with one attached hydrogen (secondary N) is 1. The van der Waals surface area contributed by atoms with Crippen LogP contribution in [0, 0.1) is 5.92 Å². The topological polar surface area (TPSA) is 67.5 Å². The highest BCUT2D eigenvalue weighted by molar-refractivity contribution is 5.79. The molecule has 0 saturated heterocycles. The molecule has 1 N–H and O–H groups in total. The van der Waals surface area contributed by atoms with Gasteiger partial charge in [0.25, 0.3) is 0 Å². The van der Waals surface area contributed by atoms with Crippen LogP contribution in [-0.2, 0) is 30.6 Å². The third-order valence-corrected chi connectivity index (χ3v) is 5.18. The predicted molar refractivity (Wildman–Crippen MR) is 92.8 cm³/mol. The maximum Gasteiger partial charge on any atom is 0.229 e. The fourth-order valence-corrected chi connectivity index (χ4v) is 3.85. The third kappa shape index (κ3) is 2.86. The first-order chi connectivity index (χ1) is 12.2. The molecule has 1 amide bonds. The van der Waals surface area contributed by atoms with Gasteiger partial charge in [0.1, 0.15) is 6.61 Å². The maximum absolute atomic E-state index is 12.9. The van der Waals surface area contributed by atoms with E-state index >= 15 is 0 Å². The zero-order chi connectivity index (χ0) is 17.4. The standard InChI is InChI=1S/C19H23N3O3/c1-22(10-16-14-6-4-7-15(14)20-21-16)19(23)13-9-12-5-3-8-17(24-2)18(12)25-11-13/h3,5,8,13H,4,6-7,9-11H2,1-2H3,(H,20,21)/t13-/m1/s1. The minimum atomic E-state index is -0.170. The molecular formula is C19H23N3O3. The Labute approximate surface area is 147 Å². The minimum absolute atomic E-state index is 0.100. The van der Waals surface area contributed by atoms with Crippen LogP contribution in [0.25, 0.3) is 0 Å². The summed E-state index contributed by atoms with van der Waals surface area (Å²) in [5, 5.41) is 7.51. The Morgan fingerprint density at radius 2 is 2.32 bits per heavy atom. The Balaban J connectivity index is 1.45. The van der Waals surface area contributed by atoms with E-state index in [2.05, 4.69) is 10.2 Å². The van der Waals surface area contributed by atoms with Crippen molar-refractivity contribution in [3.63, 3.8) is 0 Å². The maximum atomic E-state index is 12.9. The quantitative estimate of drug-likeness (QED) is 0.925. The van der Waals surface area contributed by atoms with Crippen LogP contribution in [0.15, 0.2) is 18.2 Å². The van der Waals surface area contributed by atoms with Crippen molar-refractivity contribution in [2.45, 2.75) is 32.2 Å². The van der Waals surface area contributed by atoms with E-state index in [1.165, 1.54) is 17.7 Å². The number of aromatic nitrogens is 2. The molecule has 1 atom stereocenters. The van der Waals surface area contributed by atoms with Crippen LogP contribution in [0.2, 0.25) is 0 Å². The summed E-state index contributed by atoms with van der Waals surface area (Å²) in [6.07, 6.45) is 3.97. The number of fused-ring (bicyclic) bond motifs is 2. The van der Waals surface area contributed by atoms with Crippen LogP contribution in [0.1, 0.15) is 28.9 Å². The summed E-state index contributed by atoms with van der Waals surface area (Å²) in [7, 11) is 3.48. The first-order valence-corrected chi connectivity index (χ1v) is 8.76. The molecule has 25 heavy (non-hydrogen) atoms. The highest BCUT2D eigenvalue weighted by Crippen LogP contribution is 2.36. The second kappa shape index (κ2) is 6.43. The summed E-state index contributed by atoms with van der Waals surface area (Å²) in [6.45, 7) is 0.932. The van der Waals surface area contributed by atoms with Gasteiger partial charge in [-0.05, 0) is 42.9 Å². The molecule has 1 aromatic heterocycles. The number of carbonyl (C=O) groups is 1. The molecule has 6 heteroatoms. The van der Waals surface area contributed by atoms with Crippen molar-refractivity contribution in [3.05, 3.63) is 40.7 Å². The van der Waals surface area contributed by atoms with Crippen molar-refractivity contribution < 1.29 is 14.3 Å². The van der Waals surface area contributed by atoms with Gasteiger partial charge < -0.3 is 14.4 Å². The van der Waals surface area contributed by atoms with Crippen molar-refractivity contribution >= 4 is 5.91 Å². The van der Waals surface area contributed by atoms with E-state index < -0.39 is 0 Å². The molecule has 2 aliphatic rings. The van der Waals surface area contributed by atoms with Gasteiger partial charge in [0.05, 0.1) is 25.3 Å². The minimum Gasteiger partial charge on any atom is -0.493 e. The molecule has 1 aromatic carbocycles. The Morgan fingerprint density at radius 3 is 3.16 bits per heavy atom. The van der Waals surface area contributed by atoms with Crippen LogP contribution < -0.4 is 9.47 Å². The van der Waals surface area contributed by atoms with Gasteiger partial charge in [-0.1, -0.05) is 12.1 Å². The monoisotopic (exact) mass is 341 g/mol. The molecule has 1 aliphatic heterocycles. The van der Waals surface area contributed by atoms with Gasteiger partial charge in [-0.3, -0.25) is 9.89 Å². The molecule has 0 radical (unpaired) electrons. The number of benzene rings is 1. The van der Waals surface area contributed by atoms with Crippen molar-refractivity contribution in [1.29, 1.82) is 0 Å². The molecular weight excluding hydrogens is 318 g/mol. The lowest BCUT2D eigenvalue weighted by Gasteiger charge is -2.28. The molecule has 2 aromatic rings. The van der Waals surface area contributed by atoms with Crippen LogP contribution >= 0.6 is 0 Å². The second-order valence-corrected chi connectivity index (χ2v) is 6.84. The number of carbonyl (C=O) groups excluding carboxylic acids is 1. The average molecular weight is 341 g/mol. The fraction of sp³-hybridized carbons (Fsp3) is 0.474. The summed E-state index contributed by atoms with van der Waals surface area (Å²) < 4.78 is 11.2. The summed E-state index contributed by atoms with van der Waals surface area (Å²) in [4.78, 5) is 14.6. The van der Waals surface area contributed by atoms with Crippen LogP contribution in [0.5, 0.6) is 11.5 Å². The lowest BCUT2D eigenvalue weighted by Crippen LogP contribution is -2.38. The Hall–Kier alpha value is -2.50. The molecule has 4 rings (SSSR count). The first-order valence-electron chi connectivity index (χ1n) is 8.76. The largest absolute Gasteiger partial charge is 0.493 e. The smallest absolute Gasteiger partial charge is 0.229 e. The van der Waals surface area contributed by atoms with Crippen molar-refractivity contribution in [2.24, 2.45) is 5.92 Å². The summed E-state index contributed by atoms with van der Waals surface area (Å²) in [5.74, 6) is 1.42. The molecule has 0 bridgehead atoms. The number of hydrogen-bond donors (Lipinski definition) is 1. The second-order valence-electron chi connectivity index (χ2n) is 6.84. The third-order valence-electron chi connectivity index (χ3n) is 5.18. The van der Waals surface area contributed by atoms with E-state index in [1.54, 1.807) is 12.0 Å². The van der Waals surface area contributed by atoms with E-state index in [9.17, 15) is 4.79 Å². The number of para-hydroxylation sites is 1. The average Bonchev–Trinajstić information content (AvgIpc) is 3.25. The van der Waals surface area contributed by atoms with Crippen molar-refractivity contribution in [1.82, 2.24) is 15.1 Å². The van der Waals surface area contributed by atoms with Crippen LogP contribution in [0.4, 0.5) is 0 Å². The lowest BCUT2D eigenvalue weighted by molar-refractivity contribution is -0.136. The Bertz CT molecular complexity index is 799. The summed E-state index contributed by atoms with van der Waals surface area (Å²) in [5.41, 5.74) is 4.56. The van der Waals surface area contributed by atoms with Crippen LogP contribution in [-0.4, -0.2) is 41.8 Å². The number of H-pyrrole nitrogens is 1. The van der Waals surface area contributed by atoms with E-state index in [0.29, 0.717) is 19.6 Å². The number of hydrogen-bond acceptors (Lipinski definition) is 4. The number of aromatic amines is 1. The Morgan fingerprint density at radius 1 is 1.44 bits per heavy atom. The lowest BCUT2D eigenvalue weighted by atomic mass is 9.95. The molecule has 0 saturated carbocycles. The number of nitrogens with zero attached hydrogens (tertiary/aromatic N) is 2. The number of aryl methyl sites for hydroxylation is 1. The van der Waals surface area contributed by atoms with E-state index in [-0.39, 0.29) is 11.8 Å². The Kier molecular flexibility index (Phi) is 4.11. The first kappa shape index (κ1) is 16.0. The van der Waals surface area contributed by atoms with Gasteiger partial charge in [0.2, 0.25) is 5.91 Å². The molecule has 0 fully saturated rings. The van der Waals surface area contributed by atoms with Crippen LogP contribution in [0.3, 0.4) is 0 Å². The van der Waals surface area contributed by atoms with Gasteiger partial charge in [-0.15, -0.1) is 0 Å². The zero-order valence-electron chi connectivity index (χ0n) is 14.7. The molecule has 1 aliphatic carbocycles. The van der Waals surface area contributed by atoms with Gasteiger partial charge in [-0.25, -0.2) is 0 Å².